The van der Waals surface area contributed by atoms with E-state index < -0.39 is 11.7 Å². The number of esters is 1. The van der Waals surface area contributed by atoms with E-state index in [0.717, 1.165) is 32.1 Å². The Morgan fingerprint density at radius 3 is 1.88 bits per heavy atom. The summed E-state index contributed by atoms with van der Waals surface area (Å²) in [5.41, 5.74) is 0.914. The van der Waals surface area contributed by atoms with E-state index in [1.54, 1.807) is 30.3 Å². The van der Waals surface area contributed by atoms with Gasteiger partial charge in [0.1, 0.15) is 17.7 Å². The van der Waals surface area contributed by atoms with Crippen molar-refractivity contribution in [3.05, 3.63) is 47.1 Å². The molecular weight excluding hydrogens is 700 g/mol. The number of carbonyl (C=O) groups excluding carboxylic acids is 1. The van der Waals surface area contributed by atoms with Crippen LogP contribution in [0.25, 0.3) is 33.1 Å². The van der Waals surface area contributed by atoms with Gasteiger partial charge in [0.25, 0.3) is 0 Å². The van der Waals surface area contributed by atoms with Crippen LogP contribution >= 0.6 is 0 Å². The van der Waals surface area contributed by atoms with Gasteiger partial charge in [-0.3, -0.25) is 9.97 Å². The van der Waals surface area contributed by atoms with Crippen molar-refractivity contribution in [3.63, 3.8) is 0 Å². The third-order valence-corrected chi connectivity index (χ3v) is 7.35. The van der Waals surface area contributed by atoms with Crippen LogP contribution in [0.15, 0.2) is 36.7 Å². The van der Waals surface area contributed by atoms with E-state index >= 15 is 0 Å². The minimum atomic E-state index is -0.660. The monoisotopic (exact) mass is 742 g/mol. The summed E-state index contributed by atoms with van der Waals surface area (Å²) in [6, 6.07) is 10.2. The van der Waals surface area contributed by atoms with Crippen LogP contribution in [-0.4, -0.2) is 39.4 Å². The van der Waals surface area contributed by atoms with E-state index in [2.05, 4.69) is 37.7 Å². The standard InChI is InChI=1S/C25H24N4O3.C8H18O.W/c1-3-5-6-16(4-2)15-32-25(31)21(13-26)17-7-9-28-22-12-20-18(24(30)14-27)8-10-29-23(20)11-19(17)22;1-3-5-6-8(4-2)7-9;/h7-12,16,30H,3-6,15H2,1-2H3;8-9H,3-7H2,1-2H3;/b21-17+,24-18+;;. The summed E-state index contributed by atoms with van der Waals surface area (Å²) in [7, 11) is 0. The number of unbranched alkanes of at least 4 members (excludes halogenated alkanes) is 2. The Morgan fingerprint density at radius 2 is 1.40 bits per heavy atom. The first-order valence-corrected chi connectivity index (χ1v) is 14.6. The Balaban J connectivity index is 0.000000765. The maximum Gasteiger partial charge on any atom is 0.349 e. The minimum absolute atomic E-state index is 0. The molecule has 0 aliphatic heterocycles. The van der Waals surface area contributed by atoms with Crippen molar-refractivity contribution in [1.29, 1.82) is 10.5 Å². The molecule has 9 heteroatoms. The predicted octanol–water partition coefficient (Wildman–Crippen LogP) is 5.60. The van der Waals surface area contributed by atoms with Gasteiger partial charge in [-0.1, -0.05) is 66.2 Å². The third-order valence-electron chi connectivity index (χ3n) is 7.35. The van der Waals surface area contributed by atoms with Crippen LogP contribution in [0.4, 0.5) is 0 Å². The second-order valence-corrected chi connectivity index (χ2v) is 10.2. The van der Waals surface area contributed by atoms with E-state index in [4.69, 9.17) is 15.1 Å². The molecule has 224 valence electrons. The number of carbonyl (C=O) groups is 1. The van der Waals surface area contributed by atoms with E-state index in [0.29, 0.717) is 44.8 Å². The average Bonchev–Trinajstić information content (AvgIpc) is 3.00. The molecule has 2 unspecified atom stereocenters. The van der Waals surface area contributed by atoms with E-state index in [1.807, 2.05) is 6.07 Å². The quantitative estimate of drug-likeness (QED) is 0.139. The van der Waals surface area contributed by atoms with E-state index in [9.17, 15) is 15.2 Å². The molecule has 0 spiro atoms. The summed E-state index contributed by atoms with van der Waals surface area (Å²) >= 11 is 0. The zero-order valence-corrected chi connectivity index (χ0v) is 28.0. The molecule has 0 fully saturated rings. The maximum absolute atomic E-state index is 12.8. The Labute approximate surface area is 263 Å². The average molecular weight is 743 g/mol. The number of fused-ring (bicyclic) bond motifs is 2. The fraction of sp³-hybridized carbons (Fsp3) is 0.485. The number of nitriles is 2. The van der Waals surface area contributed by atoms with Crippen LogP contribution in [0.3, 0.4) is 0 Å². The van der Waals surface area contributed by atoms with Crippen molar-refractivity contribution in [2.45, 2.75) is 79.1 Å². The molecule has 0 bridgehead atoms. The fourth-order valence-corrected chi connectivity index (χ4v) is 4.57. The molecule has 3 rings (SSSR count). The Hall–Kier alpha value is -3.32. The number of ether oxygens (including phenoxy) is 1. The molecule has 0 amide bonds. The molecule has 8 nitrogen and oxygen atoms in total. The topological polar surface area (TPSA) is 140 Å². The van der Waals surface area contributed by atoms with Crippen molar-refractivity contribution in [1.82, 2.24) is 9.97 Å². The summed E-state index contributed by atoms with van der Waals surface area (Å²) in [6.07, 6.45) is 11.9. The Morgan fingerprint density at radius 1 is 0.881 bits per heavy atom. The van der Waals surface area contributed by atoms with Gasteiger partial charge in [-0.2, -0.15) is 10.5 Å². The van der Waals surface area contributed by atoms with Crippen LogP contribution in [0.5, 0.6) is 0 Å². The molecule has 2 aromatic heterocycles. The SMILES string of the molecule is CCCCC(CC)CO.CCCCC(CC)COC(=O)/C(C#N)=c1\ccnc2cc3/c(=C(/O)C#N)ccnc3cc12.[W]. The first-order chi connectivity index (χ1) is 19.9. The predicted molar refractivity (Wildman–Crippen MR) is 162 cm³/mol. The molecule has 2 atom stereocenters. The Kier molecular flexibility index (Phi) is 17.2. The first kappa shape index (κ1) is 36.7. The zero-order chi connectivity index (χ0) is 30.2. The molecule has 0 saturated carbocycles. The van der Waals surface area contributed by atoms with Gasteiger partial charge in [0.15, 0.2) is 0 Å². The molecule has 0 aliphatic carbocycles. The van der Waals surface area contributed by atoms with Crippen LogP contribution in [0.1, 0.15) is 79.1 Å². The van der Waals surface area contributed by atoms with Crippen LogP contribution in [0.2, 0.25) is 0 Å². The minimum Gasteiger partial charge on any atom is -0.499 e. The number of nitrogens with zero attached hydrogens (tertiary/aromatic N) is 4. The number of hydrogen-bond acceptors (Lipinski definition) is 8. The number of rotatable bonds is 12. The Bertz CT molecular complexity index is 1510. The molecule has 1 aromatic carbocycles. The van der Waals surface area contributed by atoms with Gasteiger partial charge >= 0.3 is 5.97 Å². The van der Waals surface area contributed by atoms with Crippen molar-refractivity contribution in [2.24, 2.45) is 11.8 Å². The van der Waals surface area contributed by atoms with Crippen molar-refractivity contribution in [2.75, 3.05) is 13.2 Å². The normalized spacial score (nSPS) is 13.4. The van der Waals surface area contributed by atoms with Gasteiger partial charge in [0, 0.05) is 61.3 Å². The summed E-state index contributed by atoms with van der Waals surface area (Å²) in [5, 5.41) is 39.3. The summed E-state index contributed by atoms with van der Waals surface area (Å²) in [4.78, 5) is 21.4. The van der Waals surface area contributed by atoms with Crippen LogP contribution in [-0.2, 0) is 30.6 Å². The first-order valence-electron chi connectivity index (χ1n) is 14.6. The van der Waals surface area contributed by atoms with Crippen molar-refractivity contribution >= 4 is 39.1 Å². The van der Waals surface area contributed by atoms with E-state index in [-0.39, 0.29) is 39.2 Å². The van der Waals surface area contributed by atoms with Crippen molar-refractivity contribution < 1.29 is 40.8 Å². The number of aliphatic hydroxyl groups excluding tert-OH is 2. The molecule has 3 aromatic rings. The van der Waals surface area contributed by atoms with Gasteiger partial charge in [-0.05, 0) is 48.9 Å². The summed E-state index contributed by atoms with van der Waals surface area (Å²) < 4.78 is 5.49. The van der Waals surface area contributed by atoms with Gasteiger partial charge in [-0.25, -0.2) is 4.79 Å². The zero-order valence-electron chi connectivity index (χ0n) is 25.1. The second-order valence-electron chi connectivity index (χ2n) is 10.2. The largest absolute Gasteiger partial charge is 0.499 e. The summed E-state index contributed by atoms with van der Waals surface area (Å²) in [5.74, 6) is -0.255. The maximum atomic E-state index is 12.8. The molecule has 0 aliphatic rings. The third kappa shape index (κ3) is 10.2. The number of aromatic nitrogens is 2. The number of aliphatic hydroxyl groups is 2. The molecule has 2 N–H and O–H groups in total. The fourth-order valence-electron chi connectivity index (χ4n) is 4.57. The van der Waals surface area contributed by atoms with Gasteiger partial charge < -0.3 is 14.9 Å². The van der Waals surface area contributed by atoms with Crippen LogP contribution in [0, 0.1) is 34.5 Å². The number of benzene rings is 1. The van der Waals surface area contributed by atoms with Crippen LogP contribution < -0.4 is 10.4 Å². The number of pyridine rings is 2. The van der Waals surface area contributed by atoms with Gasteiger partial charge in [-0.15, -0.1) is 0 Å². The van der Waals surface area contributed by atoms with Gasteiger partial charge in [0.05, 0.1) is 17.6 Å². The smallest absolute Gasteiger partial charge is 0.349 e. The van der Waals surface area contributed by atoms with Gasteiger partial charge in [0.2, 0.25) is 5.76 Å². The summed E-state index contributed by atoms with van der Waals surface area (Å²) in [6.45, 7) is 9.15. The molecule has 42 heavy (non-hydrogen) atoms. The molecule has 0 saturated heterocycles. The van der Waals surface area contributed by atoms with E-state index in [1.165, 1.54) is 31.7 Å². The van der Waals surface area contributed by atoms with Crippen molar-refractivity contribution in [3.8, 4) is 12.1 Å². The second kappa shape index (κ2) is 19.7. The molecule has 0 radical (unpaired) electrons. The molecular formula is C33H42N4O4W. The number of hydrogen-bond donors (Lipinski definition) is 2. The molecule has 2 heterocycles.